The van der Waals surface area contributed by atoms with Crippen LogP contribution in [-0.2, 0) is 6.18 Å². The van der Waals surface area contributed by atoms with E-state index in [0.29, 0.717) is 30.1 Å². The SMILES string of the molecule is O=C(c1ccccc1Br)N1CCCC(c2nnc(-c3ccc(C(F)(F)F)cc3)o2)C1. The van der Waals surface area contributed by atoms with Gasteiger partial charge >= 0.3 is 6.18 Å². The van der Waals surface area contributed by atoms with Crippen LogP contribution >= 0.6 is 15.9 Å². The smallest absolute Gasteiger partial charge is 0.416 e. The van der Waals surface area contributed by atoms with Crippen molar-refractivity contribution in [2.45, 2.75) is 24.9 Å². The summed E-state index contributed by atoms with van der Waals surface area (Å²) >= 11 is 3.41. The van der Waals surface area contributed by atoms with Crippen molar-refractivity contribution in [1.82, 2.24) is 15.1 Å². The van der Waals surface area contributed by atoms with Crippen LogP contribution in [0.15, 0.2) is 57.4 Å². The maximum atomic E-state index is 12.9. The van der Waals surface area contributed by atoms with E-state index in [1.807, 2.05) is 18.2 Å². The highest BCUT2D eigenvalue weighted by Gasteiger charge is 2.31. The molecule has 0 N–H and O–H groups in total. The van der Waals surface area contributed by atoms with Crippen molar-refractivity contribution in [2.75, 3.05) is 13.1 Å². The first-order chi connectivity index (χ1) is 14.3. The zero-order chi connectivity index (χ0) is 21.3. The fourth-order valence-corrected chi connectivity index (χ4v) is 3.94. The van der Waals surface area contributed by atoms with Crippen molar-refractivity contribution < 1.29 is 22.4 Å². The minimum absolute atomic E-state index is 0.0744. The van der Waals surface area contributed by atoms with E-state index in [9.17, 15) is 18.0 Å². The molecule has 0 aliphatic carbocycles. The molecule has 2 aromatic carbocycles. The Labute approximate surface area is 179 Å². The fourth-order valence-electron chi connectivity index (χ4n) is 3.49. The number of amides is 1. The van der Waals surface area contributed by atoms with Crippen molar-refractivity contribution in [3.05, 3.63) is 70.0 Å². The van der Waals surface area contributed by atoms with Crippen LogP contribution in [0.1, 0.15) is 40.6 Å². The summed E-state index contributed by atoms with van der Waals surface area (Å²) in [6.07, 6.45) is -2.82. The molecule has 156 valence electrons. The first-order valence-electron chi connectivity index (χ1n) is 9.38. The van der Waals surface area contributed by atoms with Crippen LogP contribution in [0.25, 0.3) is 11.5 Å². The number of likely N-dealkylation sites (tertiary alicyclic amines) is 1. The van der Waals surface area contributed by atoms with Crippen LogP contribution < -0.4 is 0 Å². The zero-order valence-electron chi connectivity index (χ0n) is 15.7. The average Bonchev–Trinajstić information content (AvgIpc) is 3.24. The van der Waals surface area contributed by atoms with Gasteiger partial charge in [-0.15, -0.1) is 10.2 Å². The van der Waals surface area contributed by atoms with Gasteiger partial charge in [0.15, 0.2) is 0 Å². The van der Waals surface area contributed by atoms with Crippen molar-refractivity contribution in [3.8, 4) is 11.5 Å². The Bertz CT molecular complexity index is 1050. The number of rotatable bonds is 3. The maximum Gasteiger partial charge on any atom is 0.416 e. The van der Waals surface area contributed by atoms with Gasteiger partial charge in [0.2, 0.25) is 11.8 Å². The van der Waals surface area contributed by atoms with Crippen LogP contribution in [0.2, 0.25) is 0 Å². The van der Waals surface area contributed by atoms with E-state index in [1.165, 1.54) is 12.1 Å². The molecule has 0 bridgehead atoms. The third kappa shape index (κ3) is 4.26. The van der Waals surface area contributed by atoms with E-state index in [2.05, 4.69) is 26.1 Å². The summed E-state index contributed by atoms with van der Waals surface area (Å²) in [6, 6.07) is 11.8. The first kappa shape index (κ1) is 20.6. The summed E-state index contributed by atoms with van der Waals surface area (Å²) in [5, 5.41) is 8.07. The Balaban J connectivity index is 1.49. The lowest BCUT2D eigenvalue weighted by Gasteiger charge is -2.31. The number of carbonyl (C=O) groups excluding carboxylic acids is 1. The molecule has 1 aliphatic rings. The molecule has 1 saturated heterocycles. The molecule has 0 spiro atoms. The topological polar surface area (TPSA) is 59.2 Å². The van der Waals surface area contributed by atoms with E-state index in [4.69, 9.17) is 4.42 Å². The molecule has 30 heavy (non-hydrogen) atoms. The number of carbonyl (C=O) groups is 1. The summed E-state index contributed by atoms with van der Waals surface area (Å²) in [4.78, 5) is 14.6. The van der Waals surface area contributed by atoms with Gasteiger partial charge in [-0.25, -0.2) is 0 Å². The normalized spacial score (nSPS) is 17.2. The summed E-state index contributed by atoms with van der Waals surface area (Å²) in [5.41, 5.74) is 0.271. The Kier molecular flexibility index (Phi) is 5.64. The number of nitrogens with zero attached hydrogens (tertiary/aromatic N) is 3. The van der Waals surface area contributed by atoms with Crippen LogP contribution in [0.5, 0.6) is 0 Å². The monoisotopic (exact) mass is 479 g/mol. The number of piperidine rings is 1. The Morgan fingerprint density at radius 3 is 2.53 bits per heavy atom. The molecule has 1 fully saturated rings. The van der Waals surface area contributed by atoms with Crippen LogP contribution in [0.4, 0.5) is 13.2 Å². The fraction of sp³-hybridized carbons (Fsp3) is 0.286. The van der Waals surface area contributed by atoms with E-state index < -0.39 is 11.7 Å². The summed E-state index contributed by atoms with van der Waals surface area (Å²) in [6.45, 7) is 1.07. The predicted octanol–water partition coefficient (Wildman–Crippen LogP) is 5.54. The quantitative estimate of drug-likeness (QED) is 0.494. The van der Waals surface area contributed by atoms with Crippen LogP contribution in [0, 0.1) is 0 Å². The van der Waals surface area contributed by atoms with Crippen molar-refractivity contribution in [2.24, 2.45) is 0 Å². The minimum Gasteiger partial charge on any atom is -0.420 e. The molecule has 9 heteroatoms. The summed E-state index contributed by atoms with van der Waals surface area (Å²) in [7, 11) is 0. The van der Waals surface area contributed by atoms with Crippen LogP contribution in [-0.4, -0.2) is 34.1 Å². The maximum absolute atomic E-state index is 12.9. The average molecular weight is 480 g/mol. The zero-order valence-corrected chi connectivity index (χ0v) is 17.3. The Morgan fingerprint density at radius 1 is 1.10 bits per heavy atom. The number of alkyl halides is 3. The molecule has 1 aliphatic heterocycles. The van der Waals surface area contributed by atoms with Gasteiger partial charge in [0.1, 0.15) is 0 Å². The molecule has 1 atom stereocenters. The molecule has 0 saturated carbocycles. The molecule has 5 nitrogen and oxygen atoms in total. The standard InChI is InChI=1S/C21H17BrF3N3O2/c22-17-6-2-1-5-16(17)20(29)28-11-3-4-14(12-28)19-27-26-18(30-19)13-7-9-15(10-8-13)21(23,24)25/h1-2,5-10,14H,3-4,11-12H2. The van der Waals surface area contributed by atoms with Gasteiger partial charge in [0.25, 0.3) is 5.91 Å². The molecule has 1 aromatic heterocycles. The number of benzene rings is 2. The van der Waals surface area contributed by atoms with Crippen molar-refractivity contribution in [3.63, 3.8) is 0 Å². The lowest BCUT2D eigenvalue weighted by molar-refractivity contribution is -0.137. The third-order valence-corrected chi connectivity index (χ3v) is 5.75. The lowest BCUT2D eigenvalue weighted by atomic mass is 9.97. The van der Waals surface area contributed by atoms with Gasteiger partial charge in [-0.1, -0.05) is 12.1 Å². The molecule has 1 amide bonds. The first-order valence-corrected chi connectivity index (χ1v) is 10.2. The van der Waals surface area contributed by atoms with Gasteiger partial charge in [-0.05, 0) is 65.2 Å². The molecular weight excluding hydrogens is 463 g/mol. The Hall–Kier alpha value is -2.68. The molecule has 3 aromatic rings. The van der Waals surface area contributed by atoms with Gasteiger partial charge in [0.05, 0.1) is 17.0 Å². The highest BCUT2D eigenvalue weighted by Crippen LogP contribution is 2.32. The second kappa shape index (κ2) is 8.22. The number of hydrogen-bond acceptors (Lipinski definition) is 4. The summed E-state index contributed by atoms with van der Waals surface area (Å²) in [5.74, 6) is 0.345. The number of hydrogen-bond donors (Lipinski definition) is 0. The van der Waals surface area contributed by atoms with E-state index in [0.717, 1.165) is 29.4 Å². The lowest BCUT2D eigenvalue weighted by Crippen LogP contribution is -2.39. The third-order valence-electron chi connectivity index (χ3n) is 5.06. The molecule has 0 radical (unpaired) electrons. The molecule has 2 heterocycles. The van der Waals surface area contributed by atoms with E-state index in [1.54, 1.807) is 11.0 Å². The highest BCUT2D eigenvalue weighted by atomic mass is 79.9. The van der Waals surface area contributed by atoms with Gasteiger partial charge < -0.3 is 9.32 Å². The van der Waals surface area contributed by atoms with Crippen molar-refractivity contribution >= 4 is 21.8 Å². The van der Waals surface area contributed by atoms with Crippen molar-refractivity contribution in [1.29, 1.82) is 0 Å². The largest absolute Gasteiger partial charge is 0.420 e. The second-order valence-electron chi connectivity index (χ2n) is 7.09. The summed E-state index contributed by atoms with van der Waals surface area (Å²) < 4.78 is 44.7. The van der Waals surface area contributed by atoms with Gasteiger partial charge in [-0.3, -0.25) is 4.79 Å². The van der Waals surface area contributed by atoms with Crippen LogP contribution in [0.3, 0.4) is 0 Å². The second-order valence-corrected chi connectivity index (χ2v) is 7.95. The Morgan fingerprint density at radius 2 is 1.83 bits per heavy atom. The van der Waals surface area contributed by atoms with Gasteiger partial charge in [-0.2, -0.15) is 13.2 Å². The minimum atomic E-state index is -4.40. The molecule has 1 unspecified atom stereocenters. The van der Waals surface area contributed by atoms with Gasteiger partial charge in [0, 0.05) is 23.1 Å². The van der Waals surface area contributed by atoms with E-state index >= 15 is 0 Å². The highest BCUT2D eigenvalue weighted by molar-refractivity contribution is 9.10. The number of aromatic nitrogens is 2. The predicted molar refractivity (Wildman–Crippen MR) is 107 cm³/mol. The molecule has 4 rings (SSSR count). The molecular formula is C21H17BrF3N3O2. The number of halogens is 4. The van der Waals surface area contributed by atoms with E-state index in [-0.39, 0.29) is 17.7 Å².